The van der Waals surface area contributed by atoms with Crippen molar-refractivity contribution in [3.8, 4) is 0 Å². The van der Waals surface area contributed by atoms with E-state index in [0.717, 1.165) is 52.3 Å². The molecule has 1 aliphatic heterocycles. The summed E-state index contributed by atoms with van der Waals surface area (Å²) in [5.74, 6) is 1.83. The highest BCUT2D eigenvalue weighted by atomic mass is 15.4. The lowest BCUT2D eigenvalue weighted by atomic mass is 10.1. The topological polar surface area (TPSA) is 62.6 Å². The third-order valence-electron chi connectivity index (χ3n) is 5.20. The fraction of sp³-hybridized carbons (Fsp3) is 0.150. The molecule has 1 aliphatic rings. The Hall–Kier alpha value is -3.41. The first kappa shape index (κ1) is 13.8. The Morgan fingerprint density at radius 2 is 1.96 bits per heavy atom. The van der Waals surface area contributed by atoms with Crippen molar-refractivity contribution in [1.29, 1.82) is 0 Å². The molecule has 0 saturated carbocycles. The minimum absolute atomic E-state index is 0.855. The molecule has 0 saturated heterocycles. The highest BCUT2D eigenvalue weighted by Crippen LogP contribution is 2.36. The summed E-state index contributed by atoms with van der Waals surface area (Å²) >= 11 is 0. The molecular formula is C20H16N6. The standard InChI is InChI=1S/C20H16N6/c1-12-6-7-14-13(10-12)17-18(23-14)19(22-11-21-17)26-9-8-25-16-5-3-2-4-15(16)24-20(25)26/h2-7,10-11,23H,8-9H2,1H3. The number of aromatic nitrogens is 5. The van der Waals surface area contributed by atoms with E-state index in [9.17, 15) is 0 Å². The van der Waals surface area contributed by atoms with E-state index in [1.54, 1.807) is 6.33 Å². The zero-order chi connectivity index (χ0) is 17.3. The monoisotopic (exact) mass is 340 g/mol. The highest BCUT2D eigenvalue weighted by molar-refractivity contribution is 6.08. The van der Waals surface area contributed by atoms with Gasteiger partial charge in [-0.1, -0.05) is 23.8 Å². The largest absolute Gasteiger partial charge is 0.350 e. The van der Waals surface area contributed by atoms with Crippen molar-refractivity contribution in [3.05, 3.63) is 54.4 Å². The summed E-state index contributed by atoms with van der Waals surface area (Å²) in [6, 6.07) is 14.7. The average Bonchev–Trinajstić information content (AvgIpc) is 3.32. The smallest absolute Gasteiger partial charge is 0.212 e. The van der Waals surface area contributed by atoms with Crippen LogP contribution in [0.15, 0.2) is 48.8 Å². The lowest BCUT2D eigenvalue weighted by Gasteiger charge is -2.15. The van der Waals surface area contributed by atoms with E-state index in [1.165, 1.54) is 11.1 Å². The maximum atomic E-state index is 4.84. The van der Waals surface area contributed by atoms with Crippen LogP contribution in [0, 0.1) is 6.92 Å². The summed E-state index contributed by atoms with van der Waals surface area (Å²) in [6.07, 6.45) is 1.65. The first-order valence-corrected chi connectivity index (χ1v) is 8.75. The summed E-state index contributed by atoms with van der Waals surface area (Å²) in [6.45, 7) is 3.86. The van der Waals surface area contributed by atoms with Crippen molar-refractivity contribution < 1.29 is 0 Å². The van der Waals surface area contributed by atoms with Gasteiger partial charge in [-0.15, -0.1) is 0 Å². The summed E-state index contributed by atoms with van der Waals surface area (Å²) in [5, 5.41) is 1.14. The molecule has 3 aromatic heterocycles. The normalized spacial score (nSPS) is 14.0. The van der Waals surface area contributed by atoms with Gasteiger partial charge < -0.3 is 9.55 Å². The van der Waals surface area contributed by atoms with Crippen molar-refractivity contribution in [2.24, 2.45) is 0 Å². The number of aromatic amines is 1. The average molecular weight is 340 g/mol. The van der Waals surface area contributed by atoms with Gasteiger partial charge in [-0.05, 0) is 31.2 Å². The summed E-state index contributed by atoms with van der Waals surface area (Å²) < 4.78 is 2.26. The number of H-pyrrole nitrogens is 1. The number of hydrogen-bond donors (Lipinski definition) is 1. The van der Waals surface area contributed by atoms with Crippen LogP contribution in [0.2, 0.25) is 0 Å². The molecule has 0 atom stereocenters. The SMILES string of the molecule is Cc1ccc2[nH]c3c(N4CCn5c4nc4ccccc45)ncnc3c2c1. The lowest BCUT2D eigenvalue weighted by Crippen LogP contribution is -2.16. The molecule has 4 heterocycles. The van der Waals surface area contributed by atoms with Crippen molar-refractivity contribution in [2.75, 3.05) is 11.4 Å². The second-order valence-electron chi connectivity index (χ2n) is 6.80. The second-order valence-corrected chi connectivity index (χ2v) is 6.80. The molecule has 0 unspecified atom stereocenters. The Morgan fingerprint density at radius 3 is 2.92 bits per heavy atom. The molecule has 0 bridgehead atoms. The van der Waals surface area contributed by atoms with Gasteiger partial charge in [-0.3, -0.25) is 4.90 Å². The van der Waals surface area contributed by atoms with Gasteiger partial charge in [0.15, 0.2) is 5.82 Å². The molecule has 26 heavy (non-hydrogen) atoms. The van der Waals surface area contributed by atoms with Crippen molar-refractivity contribution in [1.82, 2.24) is 24.5 Å². The summed E-state index contributed by atoms with van der Waals surface area (Å²) in [4.78, 5) is 19.7. The van der Waals surface area contributed by atoms with E-state index in [-0.39, 0.29) is 0 Å². The predicted octanol–water partition coefficient (Wildman–Crippen LogP) is 3.92. The van der Waals surface area contributed by atoms with E-state index >= 15 is 0 Å². The molecule has 6 nitrogen and oxygen atoms in total. The van der Waals surface area contributed by atoms with E-state index in [1.807, 2.05) is 6.07 Å². The van der Waals surface area contributed by atoms with Crippen LogP contribution in [0.5, 0.6) is 0 Å². The molecule has 1 N–H and O–H groups in total. The number of fused-ring (bicyclic) bond motifs is 6. The molecule has 6 heteroatoms. The van der Waals surface area contributed by atoms with Gasteiger partial charge in [-0.2, -0.15) is 0 Å². The highest BCUT2D eigenvalue weighted by Gasteiger charge is 2.27. The molecule has 0 aliphatic carbocycles. The van der Waals surface area contributed by atoms with Crippen LogP contribution in [-0.4, -0.2) is 31.0 Å². The van der Waals surface area contributed by atoms with Gasteiger partial charge in [0.05, 0.1) is 11.0 Å². The van der Waals surface area contributed by atoms with Crippen molar-refractivity contribution >= 4 is 44.7 Å². The fourth-order valence-corrected chi connectivity index (χ4v) is 3.99. The predicted molar refractivity (Wildman–Crippen MR) is 103 cm³/mol. The molecule has 0 radical (unpaired) electrons. The number of nitrogens with zero attached hydrogens (tertiary/aromatic N) is 5. The van der Waals surface area contributed by atoms with Gasteiger partial charge in [0.25, 0.3) is 0 Å². The number of nitrogens with one attached hydrogen (secondary N) is 1. The summed E-state index contributed by atoms with van der Waals surface area (Å²) in [5.41, 5.74) is 6.42. The Bertz CT molecular complexity index is 1310. The number of anilines is 2. The zero-order valence-corrected chi connectivity index (χ0v) is 14.3. The maximum Gasteiger partial charge on any atom is 0.212 e. The number of benzene rings is 2. The van der Waals surface area contributed by atoms with Crippen LogP contribution >= 0.6 is 0 Å². The van der Waals surface area contributed by atoms with Gasteiger partial charge in [-0.25, -0.2) is 15.0 Å². The molecule has 5 aromatic rings. The van der Waals surface area contributed by atoms with Crippen LogP contribution in [0.4, 0.5) is 11.8 Å². The Kier molecular flexibility index (Phi) is 2.56. The van der Waals surface area contributed by atoms with Crippen LogP contribution < -0.4 is 4.90 Å². The van der Waals surface area contributed by atoms with E-state index in [0.29, 0.717) is 0 Å². The quantitative estimate of drug-likeness (QED) is 0.502. The minimum atomic E-state index is 0.855. The van der Waals surface area contributed by atoms with Crippen LogP contribution in [0.1, 0.15) is 5.56 Å². The third kappa shape index (κ3) is 1.73. The van der Waals surface area contributed by atoms with Crippen molar-refractivity contribution in [2.45, 2.75) is 13.5 Å². The fourth-order valence-electron chi connectivity index (χ4n) is 3.99. The summed E-state index contributed by atoms with van der Waals surface area (Å²) in [7, 11) is 0. The lowest BCUT2D eigenvalue weighted by molar-refractivity contribution is 0.823. The number of para-hydroxylation sites is 2. The van der Waals surface area contributed by atoms with Crippen LogP contribution in [0.25, 0.3) is 33.0 Å². The van der Waals surface area contributed by atoms with Gasteiger partial charge in [0.1, 0.15) is 17.4 Å². The van der Waals surface area contributed by atoms with Crippen LogP contribution in [-0.2, 0) is 6.54 Å². The Labute approximate surface area is 149 Å². The van der Waals surface area contributed by atoms with E-state index in [2.05, 4.69) is 67.7 Å². The molecular weight excluding hydrogens is 324 g/mol. The molecule has 2 aromatic carbocycles. The Morgan fingerprint density at radius 1 is 1.04 bits per heavy atom. The molecule has 126 valence electrons. The molecule has 6 rings (SSSR count). The number of hydrogen-bond acceptors (Lipinski definition) is 4. The maximum absolute atomic E-state index is 4.84. The molecule has 0 spiro atoms. The molecule has 0 fully saturated rings. The minimum Gasteiger partial charge on any atom is -0.350 e. The molecule has 0 amide bonds. The number of imidazole rings is 1. The van der Waals surface area contributed by atoms with Crippen LogP contribution in [0.3, 0.4) is 0 Å². The zero-order valence-electron chi connectivity index (χ0n) is 14.3. The first-order valence-electron chi connectivity index (χ1n) is 8.75. The van der Waals surface area contributed by atoms with Gasteiger partial charge in [0, 0.05) is 24.0 Å². The van der Waals surface area contributed by atoms with Crippen molar-refractivity contribution in [3.63, 3.8) is 0 Å². The van der Waals surface area contributed by atoms with Gasteiger partial charge in [0.2, 0.25) is 5.95 Å². The first-order chi connectivity index (χ1) is 12.8. The van der Waals surface area contributed by atoms with E-state index < -0.39 is 0 Å². The third-order valence-corrected chi connectivity index (χ3v) is 5.20. The van der Waals surface area contributed by atoms with E-state index in [4.69, 9.17) is 4.98 Å². The number of rotatable bonds is 1. The second kappa shape index (κ2) is 4.82. The number of aryl methyl sites for hydroxylation is 1. The van der Waals surface area contributed by atoms with Gasteiger partial charge >= 0.3 is 0 Å². The Balaban J connectivity index is 1.61.